The Kier molecular flexibility index (Phi) is 3.33. The summed E-state index contributed by atoms with van der Waals surface area (Å²) in [6.45, 7) is 1.90. The van der Waals surface area contributed by atoms with Gasteiger partial charge in [-0.25, -0.2) is 0 Å². The number of nitro groups is 1. The maximum absolute atomic E-state index is 10.7. The number of nitro benzene ring substituents is 1. The molecule has 0 aliphatic carbocycles. The van der Waals surface area contributed by atoms with E-state index < -0.39 is 4.92 Å². The molecule has 0 bridgehead atoms. The second-order valence-corrected chi connectivity index (χ2v) is 3.78. The van der Waals surface area contributed by atoms with E-state index in [4.69, 9.17) is 10.3 Å². The molecular formula is C11H12N4O3. The first kappa shape index (κ1) is 12.2. The van der Waals surface area contributed by atoms with Crippen molar-refractivity contribution in [2.75, 3.05) is 0 Å². The molecule has 1 atom stereocenters. The van der Waals surface area contributed by atoms with Crippen LogP contribution in [0.25, 0.3) is 11.4 Å². The monoisotopic (exact) mass is 248 g/mol. The third kappa shape index (κ3) is 2.35. The lowest BCUT2D eigenvalue weighted by atomic mass is 10.2. The standard InChI is InChI=1S/C11H12N4O3/c1-2-9(12)11-13-10(14-18-11)7-4-3-5-8(6-7)15(16)17/h3-6,9H,2,12H2,1H3/t9-/m1/s1. The van der Waals surface area contributed by atoms with Crippen LogP contribution < -0.4 is 5.73 Å². The Balaban J connectivity index is 2.34. The summed E-state index contributed by atoms with van der Waals surface area (Å²) in [4.78, 5) is 14.3. The van der Waals surface area contributed by atoms with E-state index in [9.17, 15) is 10.1 Å². The molecule has 7 nitrogen and oxygen atoms in total. The second-order valence-electron chi connectivity index (χ2n) is 3.78. The molecule has 0 radical (unpaired) electrons. The van der Waals surface area contributed by atoms with E-state index in [1.54, 1.807) is 12.1 Å². The normalized spacial score (nSPS) is 12.3. The van der Waals surface area contributed by atoms with Crippen LogP contribution in [0.15, 0.2) is 28.8 Å². The molecule has 0 aliphatic heterocycles. The molecule has 7 heteroatoms. The van der Waals surface area contributed by atoms with Crippen molar-refractivity contribution in [2.24, 2.45) is 5.73 Å². The molecule has 2 aromatic rings. The molecule has 1 aromatic heterocycles. The van der Waals surface area contributed by atoms with E-state index in [-0.39, 0.29) is 11.7 Å². The molecule has 18 heavy (non-hydrogen) atoms. The van der Waals surface area contributed by atoms with Crippen molar-refractivity contribution in [1.82, 2.24) is 10.1 Å². The van der Waals surface area contributed by atoms with Crippen molar-refractivity contribution in [2.45, 2.75) is 19.4 Å². The molecule has 1 heterocycles. The molecule has 0 aliphatic rings. The van der Waals surface area contributed by atoms with Crippen LogP contribution in [0.1, 0.15) is 25.3 Å². The predicted octanol–water partition coefficient (Wildman–Crippen LogP) is 2.05. The van der Waals surface area contributed by atoms with Crippen molar-refractivity contribution in [3.8, 4) is 11.4 Å². The van der Waals surface area contributed by atoms with Gasteiger partial charge in [-0.1, -0.05) is 24.2 Å². The molecule has 1 aromatic carbocycles. The van der Waals surface area contributed by atoms with Gasteiger partial charge in [0.2, 0.25) is 11.7 Å². The van der Waals surface area contributed by atoms with Crippen LogP contribution in [0.5, 0.6) is 0 Å². The Morgan fingerprint density at radius 3 is 3.00 bits per heavy atom. The quantitative estimate of drug-likeness (QED) is 0.655. The zero-order valence-electron chi connectivity index (χ0n) is 9.74. The average molecular weight is 248 g/mol. The minimum absolute atomic E-state index is 0.0151. The molecule has 0 fully saturated rings. The van der Waals surface area contributed by atoms with Gasteiger partial charge in [0.25, 0.3) is 5.69 Å². The van der Waals surface area contributed by atoms with Gasteiger partial charge in [-0.05, 0) is 6.42 Å². The molecule has 0 saturated carbocycles. The van der Waals surface area contributed by atoms with Gasteiger partial charge in [-0.2, -0.15) is 4.98 Å². The Morgan fingerprint density at radius 1 is 1.56 bits per heavy atom. The molecule has 94 valence electrons. The Labute approximate surface area is 103 Å². The lowest BCUT2D eigenvalue weighted by molar-refractivity contribution is -0.384. The fourth-order valence-corrected chi connectivity index (χ4v) is 1.44. The van der Waals surface area contributed by atoms with E-state index in [0.717, 1.165) is 0 Å². The number of aromatic nitrogens is 2. The lowest BCUT2D eigenvalue weighted by Gasteiger charge is -1.99. The average Bonchev–Trinajstić information content (AvgIpc) is 2.87. The van der Waals surface area contributed by atoms with Crippen molar-refractivity contribution in [3.05, 3.63) is 40.3 Å². The van der Waals surface area contributed by atoms with Crippen LogP contribution in [0.4, 0.5) is 5.69 Å². The highest BCUT2D eigenvalue weighted by Gasteiger charge is 2.15. The van der Waals surface area contributed by atoms with Crippen LogP contribution in [-0.2, 0) is 0 Å². The van der Waals surface area contributed by atoms with E-state index in [1.807, 2.05) is 6.92 Å². The minimum atomic E-state index is -0.470. The van der Waals surface area contributed by atoms with E-state index in [2.05, 4.69) is 10.1 Å². The summed E-state index contributed by atoms with van der Waals surface area (Å²) >= 11 is 0. The first-order valence-electron chi connectivity index (χ1n) is 5.46. The van der Waals surface area contributed by atoms with Gasteiger partial charge in [0.15, 0.2) is 0 Å². The van der Waals surface area contributed by atoms with Gasteiger partial charge in [-0.3, -0.25) is 10.1 Å². The van der Waals surface area contributed by atoms with E-state index >= 15 is 0 Å². The number of nitrogens with two attached hydrogens (primary N) is 1. The number of benzene rings is 1. The summed E-state index contributed by atoms with van der Waals surface area (Å²) in [6.07, 6.45) is 0.677. The zero-order chi connectivity index (χ0) is 13.1. The molecule has 0 spiro atoms. The van der Waals surface area contributed by atoms with Crippen LogP contribution in [-0.4, -0.2) is 15.1 Å². The summed E-state index contributed by atoms with van der Waals surface area (Å²) in [7, 11) is 0. The van der Waals surface area contributed by atoms with Crippen molar-refractivity contribution in [3.63, 3.8) is 0 Å². The topological polar surface area (TPSA) is 108 Å². The van der Waals surface area contributed by atoms with Gasteiger partial charge in [0.1, 0.15) is 0 Å². The SMILES string of the molecule is CC[C@@H](N)c1nc(-c2cccc([N+](=O)[O-])c2)no1. The fraction of sp³-hybridized carbons (Fsp3) is 0.273. The third-order valence-electron chi connectivity index (χ3n) is 2.51. The van der Waals surface area contributed by atoms with Gasteiger partial charge >= 0.3 is 0 Å². The van der Waals surface area contributed by atoms with Crippen molar-refractivity contribution >= 4 is 5.69 Å². The van der Waals surface area contributed by atoms with E-state index in [1.165, 1.54) is 12.1 Å². The zero-order valence-corrected chi connectivity index (χ0v) is 9.74. The number of hydrogen-bond donors (Lipinski definition) is 1. The first-order chi connectivity index (χ1) is 8.61. The van der Waals surface area contributed by atoms with Gasteiger partial charge in [0.05, 0.1) is 11.0 Å². The maximum atomic E-state index is 10.7. The summed E-state index contributed by atoms with van der Waals surface area (Å²) in [5.41, 5.74) is 6.27. The highest BCUT2D eigenvalue weighted by molar-refractivity contribution is 5.58. The minimum Gasteiger partial charge on any atom is -0.337 e. The molecule has 0 amide bonds. The van der Waals surface area contributed by atoms with Crippen LogP contribution in [0.3, 0.4) is 0 Å². The summed E-state index contributed by atoms with van der Waals surface area (Å²) in [5.74, 6) is 0.636. The summed E-state index contributed by atoms with van der Waals surface area (Å²) < 4.78 is 5.02. The van der Waals surface area contributed by atoms with Crippen molar-refractivity contribution < 1.29 is 9.45 Å². The Morgan fingerprint density at radius 2 is 2.33 bits per heavy atom. The number of rotatable bonds is 4. The third-order valence-corrected chi connectivity index (χ3v) is 2.51. The number of nitrogens with zero attached hydrogens (tertiary/aromatic N) is 3. The largest absolute Gasteiger partial charge is 0.337 e. The highest BCUT2D eigenvalue weighted by Crippen LogP contribution is 2.22. The molecule has 2 N–H and O–H groups in total. The Hall–Kier alpha value is -2.28. The summed E-state index contributed by atoms with van der Waals surface area (Å²) in [6, 6.07) is 5.74. The van der Waals surface area contributed by atoms with Crippen molar-refractivity contribution in [1.29, 1.82) is 0 Å². The highest BCUT2D eigenvalue weighted by atomic mass is 16.6. The first-order valence-corrected chi connectivity index (χ1v) is 5.46. The molecule has 0 unspecified atom stereocenters. The fourth-order valence-electron chi connectivity index (χ4n) is 1.44. The number of hydrogen-bond acceptors (Lipinski definition) is 6. The maximum Gasteiger partial charge on any atom is 0.270 e. The second kappa shape index (κ2) is 4.92. The Bertz CT molecular complexity index is 567. The van der Waals surface area contributed by atoms with E-state index in [0.29, 0.717) is 23.7 Å². The predicted molar refractivity (Wildman–Crippen MR) is 63.6 cm³/mol. The summed E-state index contributed by atoms with van der Waals surface area (Å²) in [5, 5.41) is 14.4. The van der Waals surface area contributed by atoms with Crippen LogP contribution in [0, 0.1) is 10.1 Å². The lowest BCUT2D eigenvalue weighted by Crippen LogP contribution is -2.08. The number of non-ortho nitro benzene ring substituents is 1. The smallest absolute Gasteiger partial charge is 0.270 e. The molecule has 2 rings (SSSR count). The van der Waals surface area contributed by atoms with Gasteiger partial charge in [-0.15, -0.1) is 0 Å². The molecular weight excluding hydrogens is 236 g/mol. The van der Waals surface area contributed by atoms with Gasteiger partial charge in [0, 0.05) is 17.7 Å². The molecule has 0 saturated heterocycles. The van der Waals surface area contributed by atoms with Crippen LogP contribution >= 0.6 is 0 Å². The van der Waals surface area contributed by atoms with Gasteiger partial charge < -0.3 is 10.3 Å². The van der Waals surface area contributed by atoms with Crippen LogP contribution in [0.2, 0.25) is 0 Å².